The Balaban J connectivity index is 1.80. The molecule has 0 spiro atoms. The maximum absolute atomic E-state index is 5.75. The zero-order valence-electron chi connectivity index (χ0n) is 8.70. The van der Waals surface area contributed by atoms with Crippen LogP contribution in [0.1, 0.15) is 32.6 Å². The van der Waals surface area contributed by atoms with Gasteiger partial charge in [-0.15, -0.1) is 0 Å². The van der Waals surface area contributed by atoms with Gasteiger partial charge in [-0.2, -0.15) is 0 Å². The van der Waals surface area contributed by atoms with Crippen LogP contribution >= 0.6 is 0 Å². The van der Waals surface area contributed by atoms with E-state index in [2.05, 4.69) is 17.2 Å². The summed E-state index contributed by atoms with van der Waals surface area (Å²) in [7, 11) is 0. The van der Waals surface area contributed by atoms with Gasteiger partial charge in [0.15, 0.2) is 5.96 Å². The zero-order valence-corrected chi connectivity index (χ0v) is 8.70. The van der Waals surface area contributed by atoms with E-state index in [9.17, 15) is 0 Å². The summed E-state index contributed by atoms with van der Waals surface area (Å²) < 4.78 is 5.72. The van der Waals surface area contributed by atoms with E-state index in [1.165, 1.54) is 12.8 Å². The molecule has 2 bridgehead atoms. The average molecular weight is 197 g/mol. The fourth-order valence-corrected chi connectivity index (χ4v) is 2.26. The van der Waals surface area contributed by atoms with Gasteiger partial charge in [-0.3, -0.25) is 4.99 Å². The third-order valence-corrected chi connectivity index (χ3v) is 2.95. The van der Waals surface area contributed by atoms with E-state index in [4.69, 9.17) is 10.5 Å². The SMILES string of the molecule is CCCN=C(N)NC1CC2CCC1O2. The maximum Gasteiger partial charge on any atom is 0.188 e. The van der Waals surface area contributed by atoms with Crippen molar-refractivity contribution in [2.45, 2.75) is 50.9 Å². The molecule has 0 amide bonds. The van der Waals surface area contributed by atoms with Gasteiger partial charge in [-0.05, 0) is 25.7 Å². The summed E-state index contributed by atoms with van der Waals surface area (Å²) in [5.74, 6) is 0.577. The Kier molecular flexibility index (Phi) is 2.91. The van der Waals surface area contributed by atoms with Crippen LogP contribution in [-0.2, 0) is 4.74 Å². The van der Waals surface area contributed by atoms with Gasteiger partial charge in [0, 0.05) is 6.54 Å². The molecule has 3 atom stereocenters. The molecule has 14 heavy (non-hydrogen) atoms. The lowest BCUT2D eigenvalue weighted by Crippen LogP contribution is -2.45. The molecule has 80 valence electrons. The lowest BCUT2D eigenvalue weighted by atomic mass is 9.96. The topological polar surface area (TPSA) is 59.6 Å². The number of fused-ring (bicyclic) bond motifs is 2. The van der Waals surface area contributed by atoms with Crippen molar-refractivity contribution in [2.24, 2.45) is 10.7 Å². The fraction of sp³-hybridized carbons (Fsp3) is 0.900. The lowest BCUT2D eigenvalue weighted by Gasteiger charge is -2.20. The standard InChI is InChI=1S/C10H19N3O/c1-2-5-12-10(11)13-8-6-7-3-4-9(8)14-7/h7-9H,2-6H2,1H3,(H3,11,12,13). The number of ether oxygens (including phenoxy) is 1. The van der Waals surface area contributed by atoms with Crippen molar-refractivity contribution in [3.63, 3.8) is 0 Å². The van der Waals surface area contributed by atoms with Crippen LogP contribution in [0.25, 0.3) is 0 Å². The van der Waals surface area contributed by atoms with Crippen LogP contribution in [0.3, 0.4) is 0 Å². The molecule has 2 heterocycles. The van der Waals surface area contributed by atoms with E-state index in [0.717, 1.165) is 19.4 Å². The first-order valence-corrected chi connectivity index (χ1v) is 5.51. The molecule has 3 unspecified atom stereocenters. The Labute approximate surface area is 84.9 Å². The summed E-state index contributed by atoms with van der Waals surface area (Å²) in [6, 6.07) is 0.398. The molecule has 0 aromatic rings. The van der Waals surface area contributed by atoms with Crippen molar-refractivity contribution in [3.8, 4) is 0 Å². The molecule has 0 radical (unpaired) electrons. The summed E-state index contributed by atoms with van der Waals surface area (Å²) in [6.45, 7) is 2.90. The predicted molar refractivity (Wildman–Crippen MR) is 56.2 cm³/mol. The number of nitrogens with zero attached hydrogens (tertiary/aromatic N) is 1. The minimum Gasteiger partial charge on any atom is -0.373 e. The molecule has 2 rings (SSSR count). The Morgan fingerprint density at radius 3 is 3.00 bits per heavy atom. The van der Waals surface area contributed by atoms with Gasteiger partial charge in [0.25, 0.3) is 0 Å². The molecule has 4 heteroatoms. The van der Waals surface area contributed by atoms with Crippen molar-refractivity contribution in [1.82, 2.24) is 5.32 Å². The summed E-state index contributed by atoms with van der Waals surface area (Å²) >= 11 is 0. The molecule has 2 fully saturated rings. The van der Waals surface area contributed by atoms with Crippen LogP contribution in [0.4, 0.5) is 0 Å². The number of rotatable bonds is 3. The third kappa shape index (κ3) is 2.00. The van der Waals surface area contributed by atoms with Gasteiger partial charge in [0.2, 0.25) is 0 Å². The molecule has 3 N–H and O–H groups in total. The highest BCUT2D eigenvalue weighted by Gasteiger charge is 2.40. The Hall–Kier alpha value is -0.770. The largest absolute Gasteiger partial charge is 0.373 e. The van der Waals surface area contributed by atoms with Gasteiger partial charge >= 0.3 is 0 Å². The van der Waals surface area contributed by atoms with E-state index in [0.29, 0.717) is 24.2 Å². The van der Waals surface area contributed by atoms with Crippen molar-refractivity contribution in [2.75, 3.05) is 6.54 Å². The fourth-order valence-electron chi connectivity index (χ4n) is 2.26. The molecule has 2 aliphatic rings. The highest BCUT2D eigenvalue weighted by atomic mass is 16.5. The van der Waals surface area contributed by atoms with E-state index in [1.807, 2.05) is 0 Å². The Morgan fingerprint density at radius 2 is 2.43 bits per heavy atom. The van der Waals surface area contributed by atoms with Gasteiger partial charge in [-0.25, -0.2) is 0 Å². The second-order valence-electron chi connectivity index (χ2n) is 4.13. The maximum atomic E-state index is 5.75. The predicted octanol–water partition coefficient (Wildman–Crippen LogP) is 0.621. The third-order valence-electron chi connectivity index (χ3n) is 2.95. The molecular formula is C10H19N3O. The highest BCUT2D eigenvalue weighted by Crippen LogP contribution is 2.34. The highest BCUT2D eigenvalue weighted by molar-refractivity contribution is 5.78. The quantitative estimate of drug-likeness (QED) is 0.515. The van der Waals surface area contributed by atoms with E-state index in [1.54, 1.807) is 0 Å². The normalized spacial score (nSPS) is 36.4. The molecule has 0 aliphatic carbocycles. The molecular weight excluding hydrogens is 178 g/mol. The second-order valence-corrected chi connectivity index (χ2v) is 4.13. The Bertz CT molecular complexity index is 229. The first-order chi connectivity index (χ1) is 6.79. The van der Waals surface area contributed by atoms with Crippen LogP contribution in [-0.4, -0.2) is 30.8 Å². The van der Waals surface area contributed by atoms with Crippen LogP contribution < -0.4 is 11.1 Å². The smallest absolute Gasteiger partial charge is 0.188 e. The molecule has 0 aromatic heterocycles. The number of hydrogen-bond donors (Lipinski definition) is 2. The van der Waals surface area contributed by atoms with E-state index < -0.39 is 0 Å². The van der Waals surface area contributed by atoms with Crippen molar-refractivity contribution >= 4 is 5.96 Å². The van der Waals surface area contributed by atoms with Crippen molar-refractivity contribution < 1.29 is 4.74 Å². The van der Waals surface area contributed by atoms with Gasteiger partial charge < -0.3 is 15.8 Å². The molecule has 0 aromatic carbocycles. The van der Waals surface area contributed by atoms with Crippen LogP contribution in [0, 0.1) is 0 Å². The molecule has 4 nitrogen and oxygen atoms in total. The van der Waals surface area contributed by atoms with Crippen LogP contribution in [0.2, 0.25) is 0 Å². The van der Waals surface area contributed by atoms with Gasteiger partial charge in [0.1, 0.15) is 0 Å². The van der Waals surface area contributed by atoms with Gasteiger partial charge in [0.05, 0.1) is 18.2 Å². The number of nitrogens with two attached hydrogens (primary N) is 1. The monoisotopic (exact) mass is 197 g/mol. The van der Waals surface area contributed by atoms with Crippen LogP contribution in [0.15, 0.2) is 4.99 Å². The molecule has 2 saturated heterocycles. The zero-order chi connectivity index (χ0) is 9.97. The van der Waals surface area contributed by atoms with Crippen molar-refractivity contribution in [1.29, 1.82) is 0 Å². The number of nitrogens with one attached hydrogen (secondary N) is 1. The summed E-state index contributed by atoms with van der Waals surface area (Å²) in [5.41, 5.74) is 5.75. The Morgan fingerprint density at radius 1 is 1.57 bits per heavy atom. The van der Waals surface area contributed by atoms with E-state index >= 15 is 0 Å². The lowest BCUT2D eigenvalue weighted by molar-refractivity contribution is 0.0993. The first-order valence-electron chi connectivity index (χ1n) is 5.51. The van der Waals surface area contributed by atoms with E-state index in [-0.39, 0.29) is 0 Å². The summed E-state index contributed by atoms with van der Waals surface area (Å²) in [5, 5.41) is 3.25. The number of aliphatic imine (C=N–C) groups is 1. The van der Waals surface area contributed by atoms with Crippen molar-refractivity contribution in [3.05, 3.63) is 0 Å². The summed E-state index contributed by atoms with van der Waals surface area (Å²) in [6.07, 6.45) is 5.35. The molecule has 0 saturated carbocycles. The van der Waals surface area contributed by atoms with Gasteiger partial charge in [-0.1, -0.05) is 6.92 Å². The molecule has 2 aliphatic heterocycles. The number of hydrogen-bond acceptors (Lipinski definition) is 2. The minimum atomic E-state index is 0.371. The first kappa shape index (κ1) is 9.77. The van der Waals surface area contributed by atoms with Crippen LogP contribution in [0.5, 0.6) is 0 Å². The average Bonchev–Trinajstić information content (AvgIpc) is 2.76. The summed E-state index contributed by atoms with van der Waals surface area (Å²) in [4.78, 5) is 4.22. The number of guanidine groups is 1. The minimum absolute atomic E-state index is 0.371. The second kappa shape index (κ2) is 4.17.